The minimum absolute atomic E-state index is 0.143. The van der Waals surface area contributed by atoms with Crippen LogP contribution in [0.5, 0.6) is 0 Å². The lowest BCUT2D eigenvalue weighted by Gasteiger charge is -2.52. The number of alkyl carbamates (subject to hydrolysis) is 1. The van der Waals surface area contributed by atoms with Gasteiger partial charge >= 0.3 is 6.09 Å². The summed E-state index contributed by atoms with van der Waals surface area (Å²) in [6.45, 7) is 8.48. The smallest absolute Gasteiger partial charge is 0.409 e. The molecule has 2 heterocycles. The van der Waals surface area contributed by atoms with Gasteiger partial charge in [-0.05, 0) is 50.8 Å². The zero-order valence-corrected chi connectivity index (χ0v) is 17.0. The van der Waals surface area contributed by atoms with Crippen LogP contribution >= 0.6 is 11.8 Å². The van der Waals surface area contributed by atoms with Crippen LogP contribution in [0.25, 0.3) is 0 Å². The highest BCUT2D eigenvalue weighted by molar-refractivity contribution is 7.99. The topological polar surface area (TPSA) is 85.6 Å². The van der Waals surface area contributed by atoms with Crippen molar-refractivity contribution >= 4 is 23.5 Å². The number of halogens is 1. The molecule has 4 N–H and O–H groups in total. The van der Waals surface area contributed by atoms with E-state index in [-0.39, 0.29) is 17.7 Å². The number of benzene rings is 1. The van der Waals surface area contributed by atoms with Crippen LogP contribution < -0.4 is 16.4 Å². The number of anilines is 1. The molecule has 2 fully saturated rings. The zero-order chi connectivity index (χ0) is 19.8. The van der Waals surface area contributed by atoms with Crippen molar-refractivity contribution < 1.29 is 18.7 Å². The molecule has 150 valence electrons. The lowest BCUT2D eigenvalue weighted by Crippen LogP contribution is -2.66. The molecule has 1 aromatic rings. The Morgan fingerprint density at radius 1 is 1.48 bits per heavy atom. The van der Waals surface area contributed by atoms with Gasteiger partial charge in [-0.2, -0.15) is 0 Å². The Balaban J connectivity index is 1.89. The molecule has 0 spiro atoms. The Bertz CT molecular complexity index is 712. The number of hydrogen-bond acceptors (Lipinski definition) is 6. The van der Waals surface area contributed by atoms with Gasteiger partial charge in [0.25, 0.3) is 0 Å². The van der Waals surface area contributed by atoms with E-state index in [1.165, 1.54) is 6.07 Å². The molecule has 8 heteroatoms. The van der Waals surface area contributed by atoms with Crippen LogP contribution in [0.1, 0.15) is 33.3 Å². The standard InChI is InChI=1S/C19H28FN3O3S/c1-11-8-25-10-19(13-7-12(21)5-6-15(13)20)14(11)9-27-16(23-19)22-17(24)26-18(2,3)4/h5-7,11,14,16,23H,8-10,21H2,1-4H3,(H,22,24)/t11-,14+,16?,19+/m0/s1. The van der Waals surface area contributed by atoms with Crippen molar-refractivity contribution in [2.75, 3.05) is 24.7 Å². The van der Waals surface area contributed by atoms with Crippen molar-refractivity contribution in [2.45, 2.75) is 44.3 Å². The highest BCUT2D eigenvalue weighted by Crippen LogP contribution is 2.45. The second-order valence-corrected chi connectivity index (χ2v) is 9.45. The monoisotopic (exact) mass is 397 g/mol. The fourth-order valence-corrected chi connectivity index (χ4v) is 5.26. The van der Waals surface area contributed by atoms with Gasteiger partial charge < -0.3 is 15.2 Å². The van der Waals surface area contributed by atoms with E-state index >= 15 is 0 Å². The largest absolute Gasteiger partial charge is 0.444 e. The average Bonchev–Trinajstić information content (AvgIpc) is 2.55. The van der Waals surface area contributed by atoms with Crippen LogP contribution in [0.2, 0.25) is 0 Å². The Morgan fingerprint density at radius 2 is 2.22 bits per heavy atom. The number of carbonyl (C=O) groups is 1. The van der Waals surface area contributed by atoms with Gasteiger partial charge in [0, 0.05) is 23.6 Å². The lowest BCUT2D eigenvalue weighted by atomic mass is 9.71. The second-order valence-electron chi connectivity index (χ2n) is 8.31. The third-order valence-electron chi connectivity index (χ3n) is 4.98. The lowest BCUT2D eigenvalue weighted by molar-refractivity contribution is -0.0579. The molecule has 1 aromatic carbocycles. The molecule has 0 bridgehead atoms. The Kier molecular flexibility index (Phi) is 5.61. The van der Waals surface area contributed by atoms with Crippen LogP contribution in [0.15, 0.2) is 18.2 Å². The van der Waals surface area contributed by atoms with Crippen molar-refractivity contribution in [1.29, 1.82) is 0 Å². The quantitative estimate of drug-likeness (QED) is 0.665. The van der Waals surface area contributed by atoms with Crippen LogP contribution in [0, 0.1) is 17.7 Å². The first-order valence-electron chi connectivity index (χ1n) is 9.13. The highest BCUT2D eigenvalue weighted by atomic mass is 32.2. The van der Waals surface area contributed by atoms with Crippen molar-refractivity contribution in [3.8, 4) is 0 Å². The Morgan fingerprint density at radius 3 is 2.93 bits per heavy atom. The van der Waals surface area contributed by atoms with E-state index in [9.17, 15) is 9.18 Å². The summed E-state index contributed by atoms with van der Waals surface area (Å²) in [6, 6.07) is 4.60. The number of nitrogens with one attached hydrogen (secondary N) is 2. The maximum absolute atomic E-state index is 14.8. The number of fused-ring (bicyclic) bond motifs is 1. The van der Waals surface area contributed by atoms with Crippen molar-refractivity contribution in [2.24, 2.45) is 11.8 Å². The minimum Gasteiger partial charge on any atom is -0.444 e. The van der Waals surface area contributed by atoms with E-state index in [1.807, 2.05) is 20.8 Å². The maximum atomic E-state index is 14.8. The summed E-state index contributed by atoms with van der Waals surface area (Å²) in [5, 5.41) is 6.26. The molecule has 1 amide bonds. The van der Waals surface area contributed by atoms with Crippen LogP contribution in [-0.2, 0) is 15.0 Å². The third-order valence-corrected chi connectivity index (χ3v) is 6.10. The molecule has 2 aliphatic heterocycles. The minimum atomic E-state index is -0.762. The first kappa shape index (κ1) is 20.2. The highest BCUT2D eigenvalue weighted by Gasteiger charge is 2.51. The molecule has 2 aliphatic rings. The number of thioether (sulfide) groups is 1. The van der Waals surface area contributed by atoms with E-state index in [0.29, 0.717) is 24.5 Å². The van der Waals surface area contributed by atoms with Crippen LogP contribution in [-0.4, -0.2) is 36.2 Å². The van der Waals surface area contributed by atoms with Gasteiger partial charge in [0.05, 0.1) is 12.1 Å². The van der Waals surface area contributed by atoms with Gasteiger partial charge in [-0.15, -0.1) is 11.8 Å². The van der Waals surface area contributed by atoms with Gasteiger partial charge in [0.1, 0.15) is 16.9 Å². The summed E-state index contributed by atoms with van der Waals surface area (Å²) in [6.07, 6.45) is -0.515. The van der Waals surface area contributed by atoms with E-state index in [4.69, 9.17) is 15.2 Å². The molecule has 27 heavy (non-hydrogen) atoms. The molecule has 4 atom stereocenters. The molecule has 0 saturated carbocycles. The number of hydrogen-bond donors (Lipinski definition) is 3. The molecular formula is C19H28FN3O3S. The second kappa shape index (κ2) is 7.48. The summed E-state index contributed by atoms with van der Waals surface area (Å²) in [4.78, 5) is 12.2. The van der Waals surface area contributed by atoms with Crippen molar-refractivity contribution in [1.82, 2.24) is 10.6 Å². The van der Waals surface area contributed by atoms with Crippen molar-refractivity contribution in [3.05, 3.63) is 29.6 Å². The summed E-state index contributed by atoms with van der Waals surface area (Å²) in [5.41, 5.74) is 5.14. The Labute approximate surface area is 163 Å². The van der Waals surface area contributed by atoms with E-state index < -0.39 is 22.7 Å². The summed E-state index contributed by atoms with van der Waals surface area (Å²) < 4.78 is 26.0. The number of amides is 1. The summed E-state index contributed by atoms with van der Waals surface area (Å²) in [5.74, 6) is 0.806. The first-order chi connectivity index (χ1) is 12.6. The fourth-order valence-electron chi connectivity index (χ4n) is 3.78. The molecule has 1 unspecified atom stereocenters. The number of rotatable bonds is 2. The number of carbonyl (C=O) groups excluding carboxylic acids is 1. The molecule has 0 aromatic heterocycles. The fraction of sp³-hybridized carbons (Fsp3) is 0.632. The van der Waals surface area contributed by atoms with Gasteiger partial charge in [-0.3, -0.25) is 10.6 Å². The molecule has 3 rings (SSSR count). The van der Waals surface area contributed by atoms with Gasteiger partial charge in [-0.25, -0.2) is 9.18 Å². The van der Waals surface area contributed by atoms with Gasteiger partial charge in [0.2, 0.25) is 0 Å². The number of nitrogens with two attached hydrogens (primary N) is 1. The molecule has 0 radical (unpaired) electrons. The average molecular weight is 398 g/mol. The van der Waals surface area contributed by atoms with E-state index in [0.717, 1.165) is 5.75 Å². The van der Waals surface area contributed by atoms with Crippen molar-refractivity contribution in [3.63, 3.8) is 0 Å². The summed E-state index contributed by atoms with van der Waals surface area (Å²) in [7, 11) is 0. The van der Waals surface area contributed by atoms with Gasteiger partial charge in [0.15, 0.2) is 0 Å². The van der Waals surface area contributed by atoms with Crippen LogP contribution in [0.3, 0.4) is 0 Å². The first-order valence-corrected chi connectivity index (χ1v) is 10.2. The van der Waals surface area contributed by atoms with E-state index in [1.54, 1.807) is 23.9 Å². The molecule has 2 saturated heterocycles. The molecule has 6 nitrogen and oxygen atoms in total. The normalized spacial score (nSPS) is 31.1. The van der Waals surface area contributed by atoms with Gasteiger partial charge in [-0.1, -0.05) is 6.92 Å². The Hall–Kier alpha value is -1.51. The SMILES string of the molecule is C[C@H]1COC[C@]2(c3cc(N)ccc3F)NC(NC(=O)OC(C)(C)C)SC[C@H]12. The number of nitrogen functional groups attached to an aromatic ring is 1. The third kappa shape index (κ3) is 4.33. The number of ether oxygens (including phenoxy) is 2. The molecular weight excluding hydrogens is 369 g/mol. The predicted molar refractivity (Wildman–Crippen MR) is 105 cm³/mol. The zero-order valence-electron chi connectivity index (χ0n) is 16.2. The molecule has 0 aliphatic carbocycles. The maximum Gasteiger partial charge on any atom is 0.409 e. The van der Waals surface area contributed by atoms with Crippen LogP contribution in [0.4, 0.5) is 14.9 Å². The predicted octanol–water partition coefficient (Wildman–Crippen LogP) is 3.03. The van der Waals surface area contributed by atoms with E-state index in [2.05, 4.69) is 17.6 Å². The summed E-state index contributed by atoms with van der Waals surface area (Å²) >= 11 is 1.58.